The Labute approximate surface area is 97.4 Å². The predicted molar refractivity (Wildman–Crippen MR) is 63.0 cm³/mol. The number of rotatable bonds is 2. The van der Waals surface area contributed by atoms with Crippen LogP contribution in [0.15, 0.2) is 6.07 Å². The number of aryl methyl sites for hydroxylation is 1. The van der Waals surface area contributed by atoms with E-state index in [0.29, 0.717) is 5.56 Å². The molecule has 0 bridgehead atoms. The quantitative estimate of drug-likeness (QED) is 0.662. The minimum atomic E-state index is -0.0506. The third-order valence-corrected chi connectivity index (χ3v) is 3.53. The van der Waals surface area contributed by atoms with E-state index >= 15 is 0 Å². The van der Waals surface area contributed by atoms with Crippen molar-refractivity contribution in [3.63, 3.8) is 0 Å². The van der Waals surface area contributed by atoms with Crippen molar-refractivity contribution < 1.29 is 9.90 Å². The maximum Gasteiger partial charge on any atom is 0.177 e. The van der Waals surface area contributed by atoms with Gasteiger partial charge in [0.25, 0.3) is 0 Å². The number of aromatic hydroxyl groups is 1. The van der Waals surface area contributed by atoms with Gasteiger partial charge in [0.1, 0.15) is 5.75 Å². The van der Waals surface area contributed by atoms with E-state index < -0.39 is 0 Å². The molecule has 80 valence electrons. The van der Waals surface area contributed by atoms with Crippen LogP contribution in [0.5, 0.6) is 5.75 Å². The number of alkyl halides is 1. The minimum absolute atomic E-state index is 0.0506. The molecule has 3 heteroatoms. The van der Waals surface area contributed by atoms with Gasteiger partial charge in [-0.1, -0.05) is 15.9 Å². The zero-order valence-electron chi connectivity index (χ0n) is 8.64. The number of phenolic OH excluding ortho intramolecular Hbond substituents is 1. The van der Waals surface area contributed by atoms with Gasteiger partial charge in [-0.25, -0.2) is 0 Å². The third kappa shape index (κ3) is 1.69. The molecule has 0 atom stereocenters. The van der Waals surface area contributed by atoms with Crippen molar-refractivity contribution in [2.75, 3.05) is 5.33 Å². The summed E-state index contributed by atoms with van der Waals surface area (Å²) in [5.41, 5.74) is 3.81. The lowest BCUT2D eigenvalue weighted by atomic mass is 9.97. The summed E-state index contributed by atoms with van der Waals surface area (Å²) in [6.45, 7) is 2.01. The predicted octanol–water partition coefficient (Wildman–Crippen LogP) is 2.77. The fourth-order valence-corrected chi connectivity index (χ4v) is 2.56. The highest BCUT2D eigenvalue weighted by Gasteiger charge is 2.22. The maximum absolute atomic E-state index is 11.6. The van der Waals surface area contributed by atoms with Gasteiger partial charge in [-0.3, -0.25) is 4.79 Å². The van der Waals surface area contributed by atoms with Gasteiger partial charge in [0.15, 0.2) is 5.78 Å². The number of hydrogen-bond acceptors (Lipinski definition) is 2. The topological polar surface area (TPSA) is 37.3 Å². The lowest BCUT2D eigenvalue weighted by Crippen LogP contribution is -2.03. The van der Waals surface area contributed by atoms with Crippen LogP contribution in [0, 0.1) is 6.92 Å². The maximum atomic E-state index is 11.6. The van der Waals surface area contributed by atoms with E-state index in [0.717, 1.165) is 30.4 Å². The summed E-state index contributed by atoms with van der Waals surface area (Å²) < 4.78 is 0. The standard InChI is InChI=1S/C12H13BrO2/c1-7-5-10(11(14)6-13)12(15)9-4-2-3-8(7)9/h5,15H,2-4,6H2,1H3. The fraction of sp³-hybridized carbons (Fsp3) is 0.417. The van der Waals surface area contributed by atoms with Gasteiger partial charge in [0.05, 0.1) is 10.9 Å². The summed E-state index contributed by atoms with van der Waals surface area (Å²) >= 11 is 3.13. The van der Waals surface area contributed by atoms with Crippen LogP contribution in [0.2, 0.25) is 0 Å². The van der Waals surface area contributed by atoms with Crippen LogP contribution in [-0.2, 0) is 12.8 Å². The molecule has 0 spiro atoms. The average molecular weight is 269 g/mol. The third-order valence-electron chi connectivity index (χ3n) is 3.02. The van der Waals surface area contributed by atoms with Crippen molar-refractivity contribution in [1.29, 1.82) is 0 Å². The molecule has 1 aliphatic carbocycles. The molecule has 0 fully saturated rings. The van der Waals surface area contributed by atoms with Gasteiger partial charge < -0.3 is 5.11 Å². The number of Topliss-reactive ketones (excluding diaryl/α,β-unsaturated/α-hetero) is 1. The SMILES string of the molecule is Cc1cc(C(=O)CBr)c(O)c2c1CCC2. The van der Waals surface area contributed by atoms with E-state index in [4.69, 9.17) is 0 Å². The molecule has 0 aliphatic heterocycles. The molecule has 0 radical (unpaired) electrons. The second-order valence-electron chi connectivity index (χ2n) is 3.96. The van der Waals surface area contributed by atoms with Crippen molar-refractivity contribution >= 4 is 21.7 Å². The Balaban J connectivity index is 2.59. The number of benzene rings is 1. The number of fused-ring (bicyclic) bond motifs is 1. The molecule has 0 saturated heterocycles. The second kappa shape index (κ2) is 3.97. The highest BCUT2D eigenvalue weighted by Crippen LogP contribution is 2.35. The first kappa shape index (κ1) is 10.7. The summed E-state index contributed by atoms with van der Waals surface area (Å²) in [5, 5.41) is 10.3. The Kier molecular flexibility index (Phi) is 2.83. The summed E-state index contributed by atoms with van der Waals surface area (Å²) in [5.74, 6) is 0.155. The Morgan fingerprint density at radius 1 is 1.47 bits per heavy atom. The van der Waals surface area contributed by atoms with Gasteiger partial charge >= 0.3 is 0 Å². The van der Waals surface area contributed by atoms with E-state index in [-0.39, 0.29) is 16.9 Å². The first-order chi connectivity index (χ1) is 7.15. The molecule has 1 aromatic carbocycles. The van der Waals surface area contributed by atoms with E-state index in [1.54, 1.807) is 0 Å². The smallest absolute Gasteiger partial charge is 0.177 e. The molecule has 1 N–H and O–H groups in total. The zero-order chi connectivity index (χ0) is 11.0. The molecule has 0 amide bonds. The van der Waals surface area contributed by atoms with Crippen LogP contribution in [0.4, 0.5) is 0 Å². The molecule has 0 saturated carbocycles. The second-order valence-corrected chi connectivity index (χ2v) is 4.52. The van der Waals surface area contributed by atoms with Gasteiger partial charge in [-0.2, -0.15) is 0 Å². The molecule has 2 nitrogen and oxygen atoms in total. The lowest BCUT2D eigenvalue weighted by molar-refractivity contribution is 0.102. The van der Waals surface area contributed by atoms with Gasteiger partial charge in [-0.15, -0.1) is 0 Å². The number of phenols is 1. The first-order valence-corrected chi connectivity index (χ1v) is 6.20. The molecule has 15 heavy (non-hydrogen) atoms. The Morgan fingerprint density at radius 2 is 2.13 bits per heavy atom. The van der Waals surface area contributed by atoms with Crippen LogP contribution in [0.1, 0.15) is 33.5 Å². The lowest BCUT2D eigenvalue weighted by Gasteiger charge is -2.10. The van der Waals surface area contributed by atoms with Crippen LogP contribution in [0.3, 0.4) is 0 Å². The summed E-state index contributed by atoms with van der Waals surface area (Å²) in [6, 6.07) is 1.81. The number of carbonyl (C=O) groups excluding carboxylic acids is 1. The first-order valence-electron chi connectivity index (χ1n) is 5.08. The molecule has 0 heterocycles. The van der Waals surface area contributed by atoms with Crippen LogP contribution in [-0.4, -0.2) is 16.2 Å². The molecule has 2 rings (SSSR count). The fourth-order valence-electron chi connectivity index (χ4n) is 2.26. The summed E-state index contributed by atoms with van der Waals surface area (Å²) in [7, 11) is 0. The summed E-state index contributed by atoms with van der Waals surface area (Å²) in [6.07, 6.45) is 3.00. The molecular formula is C12H13BrO2. The highest BCUT2D eigenvalue weighted by molar-refractivity contribution is 9.09. The largest absolute Gasteiger partial charge is 0.507 e. The van der Waals surface area contributed by atoms with Gasteiger partial charge in [0, 0.05) is 0 Å². The Bertz CT molecular complexity index is 424. The van der Waals surface area contributed by atoms with Crippen molar-refractivity contribution in [3.05, 3.63) is 28.3 Å². The normalized spacial score (nSPS) is 14.0. The number of ketones is 1. The molecule has 1 aliphatic rings. The minimum Gasteiger partial charge on any atom is -0.507 e. The Hall–Kier alpha value is -0.830. The van der Waals surface area contributed by atoms with E-state index in [2.05, 4.69) is 15.9 Å². The van der Waals surface area contributed by atoms with Crippen LogP contribution >= 0.6 is 15.9 Å². The molecule has 0 unspecified atom stereocenters. The van der Waals surface area contributed by atoms with E-state index in [9.17, 15) is 9.90 Å². The molecule has 1 aromatic rings. The molecular weight excluding hydrogens is 256 g/mol. The van der Waals surface area contributed by atoms with Crippen LogP contribution in [0.25, 0.3) is 0 Å². The number of carbonyl (C=O) groups is 1. The van der Waals surface area contributed by atoms with Gasteiger partial charge in [-0.05, 0) is 48.9 Å². The monoisotopic (exact) mass is 268 g/mol. The van der Waals surface area contributed by atoms with E-state index in [1.165, 1.54) is 5.56 Å². The summed E-state index contributed by atoms with van der Waals surface area (Å²) in [4.78, 5) is 11.6. The van der Waals surface area contributed by atoms with Crippen LogP contribution < -0.4 is 0 Å². The highest BCUT2D eigenvalue weighted by atomic mass is 79.9. The zero-order valence-corrected chi connectivity index (χ0v) is 10.2. The van der Waals surface area contributed by atoms with Crippen molar-refractivity contribution in [1.82, 2.24) is 0 Å². The van der Waals surface area contributed by atoms with E-state index in [1.807, 2.05) is 13.0 Å². The average Bonchev–Trinajstić information content (AvgIpc) is 2.71. The Morgan fingerprint density at radius 3 is 2.80 bits per heavy atom. The van der Waals surface area contributed by atoms with Crippen molar-refractivity contribution in [3.8, 4) is 5.75 Å². The van der Waals surface area contributed by atoms with Crippen molar-refractivity contribution in [2.24, 2.45) is 0 Å². The van der Waals surface area contributed by atoms with Gasteiger partial charge in [0.2, 0.25) is 0 Å². The number of halogens is 1. The molecule has 0 aromatic heterocycles. The van der Waals surface area contributed by atoms with Crippen molar-refractivity contribution in [2.45, 2.75) is 26.2 Å². The number of hydrogen-bond donors (Lipinski definition) is 1.